The predicted molar refractivity (Wildman–Crippen MR) is 115 cm³/mol. The van der Waals surface area contributed by atoms with Crippen LogP contribution in [0.5, 0.6) is 5.75 Å². The van der Waals surface area contributed by atoms with Gasteiger partial charge in [0.05, 0.1) is 11.9 Å². The number of benzene rings is 1. The molecule has 0 unspecified atom stereocenters. The zero-order valence-corrected chi connectivity index (χ0v) is 17.8. The topological polar surface area (TPSA) is 81.9 Å². The van der Waals surface area contributed by atoms with Gasteiger partial charge in [-0.1, -0.05) is 11.8 Å². The lowest BCUT2D eigenvalue weighted by Crippen LogP contribution is -2.14. The average molecular weight is 430 g/mol. The number of carbonyl (C=O) groups excluding carboxylic acids is 1. The smallest absolute Gasteiger partial charge is 0.236 e. The fourth-order valence-electron chi connectivity index (χ4n) is 3.35. The van der Waals surface area contributed by atoms with E-state index in [1.54, 1.807) is 6.20 Å². The highest BCUT2D eigenvalue weighted by molar-refractivity contribution is 7.99. The normalized spacial score (nSPS) is 14.2. The van der Waals surface area contributed by atoms with Crippen molar-refractivity contribution in [2.45, 2.75) is 50.4 Å². The van der Waals surface area contributed by atoms with Crippen molar-refractivity contribution in [2.75, 3.05) is 11.1 Å². The van der Waals surface area contributed by atoms with Gasteiger partial charge in [-0.15, -0.1) is 21.5 Å². The number of anilines is 1. The molecule has 1 N–H and O–H groups in total. The zero-order valence-electron chi connectivity index (χ0n) is 16.2. The van der Waals surface area contributed by atoms with Crippen LogP contribution in [0.3, 0.4) is 0 Å². The second-order valence-electron chi connectivity index (χ2n) is 6.77. The van der Waals surface area contributed by atoms with Crippen LogP contribution in [0, 0.1) is 0 Å². The number of hydrogen-bond acceptors (Lipinski definition) is 7. The van der Waals surface area contributed by atoms with Crippen molar-refractivity contribution in [1.82, 2.24) is 19.7 Å². The van der Waals surface area contributed by atoms with Crippen LogP contribution < -0.4 is 10.1 Å². The van der Waals surface area contributed by atoms with Gasteiger partial charge in [-0.25, -0.2) is 4.98 Å². The first kappa shape index (κ1) is 19.9. The van der Waals surface area contributed by atoms with Gasteiger partial charge in [0.25, 0.3) is 0 Å². The fourth-order valence-corrected chi connectivity index (χ4v) is 4.69. The van der Waals surface area contributed by atoms with E-state index in [9.17, 15) is 4.79 Å². The first-order valence-electron chi connectivity index (χ1n) is 9.75. The van der Waals surface area contributed by atoms with E-state index in [0.29, 0.717) is 11.2 Å². The summed E-state index contributed by atoms with van der Waals surface area (Å²) in [7, 11) is 0. The van der Waals surface area contributed by atoms with Crippen molar-refractivity contribution in [3.8, 4) is 17.1 Å². The zero-order chi connectivity index (χ0) is 20.1. The van der Waals surface area contributed by atoms with Crippen molar-refractivity contribution < 1.29 is 9.53 Å². The van der Waals surface area contributed by atoms with E-state index in [1.165, 1.54) is 35.9 Å². The van der Waals surface area contributed by atoms with Crippen LogP contribution in [0.25, 0.3) is 11.4 Å². The summed E-state index contributed by atoms with van der Waals surface area (Å²) >= 11 is 2.77. The Hall–Kier alpha value is -2.39. The van der Waals surface area contributed by atoms with E-state index < -0.39 is 0 Å². The maximum Gasteiger partial charge on any atom is 0.236 e. The number of nitrogens with one attached hydrogen (secondary N) is 1. The van der Waals surface area contributed by atoms with Crippen LogP contribution in [-0.2, 0) is 11.3 Å². The maximum absolute atomic E-state index is 12.1. The van der Waals surface area contributed by atoms with E-state index in [4.69, 9.17) is 4.74 Å². The van der Waals surface area contributed by atoms with E-state index in [1.807, 2.05) is 41.1 Å². The maximum atomic E-state index is 12.1. The Bertz CT molecular complexity index is 934. The molecule has 152 valence electrons. The van der Waals surface area contributed by atoms with Gasteiger partial charge in [0.15, 0.2) is 16.1 Å². The van der Waals surface area contributed by atoms with Crippen molar-refractivity contribution in [3.63, 3.8) is 0 Å². The minimum absolute atomic E-state index is 0.106. The number of hydrogen-bond donors (Lipinski definition) is 1. The van der Waals surface area contributed by atoms with Crippen LogP contribution >= 0.6 is 23.1 Å². The van der Waals surface area contributed by atoms with E-state index in [2.05, 4.69) is 20.5 Å². The monoisotopic (exact) mass is 429 g/mol. The van der Waals surface area contributed by atoms with E-state index in [0.717, 1.165) is 41.7 Å². The highest BCUT2D eigenvalue weighted by Crippen LogP contribution is 2.28. The number of thioether (sulfide) groups is 1. The van der Waals surface area contributed by atoms with Crippen molar-refractivity contribution in [1.29, 1.82) is 0 Å². The van der Waals surface area contributed by atoms with Crippen LogP contribution in [-0.4, -0.2) is 37.5 Å². The van der Waals surface area contributed by atoms with Crippen molar-refractivity contribution in [3.05, 3.63) is 35.8 Å². The third kappa shape index (κ3) is 4.97. The minimum Gasteiger partial charge on any atom is -0.490 e. The van der Waals surface area contributed by atoms with Crippen molar-refractivity contribution >= 4 is 34.1 Å². The first-order chi connectivity index (χ1) is 14.2. The number of amides is 1. The predicted octanol–water partition coefficient (Wildman–Crippen LogP) is 4.47. The van der Waals surface area contributed by atoms with Crippen LogP contribution in [0.15, 0.2) is 41.0 Å². The number of rotatable bonds is 8. The summed E-state index contributed by atoms with van der Waals surface area (Å²) in [6, 6.07) is 8.03. The Morgan fingerprint density at radius 3 is 2.76 bits per heavy atom. The van der Waals surface area contributed by atoms with Gasteiger partial charge in [0.2, 0.25) is 5.91 Å². The second kappa shape index (κ2) is 9.41. The highest BCUT2D eigenvalue weighted by Gasteiger charge is 2.18. The Morgan fingerprint density at radius 2 is 2.07 bits per heavy atom. The molecule has 1 aliphatic carbocycles. The van der Waals surface area contributed by atoms with Gasteiger partial charge in [0.1, 0.15) is 5.75 Å². The minimum atomic E-state index is -0.106. The molecular formula is C20H23N5O2S2. The molecule has 2 heterocycles. The summed E-state index contributed by atoms with van der Waals surface area (Å²) in [5.41, 5.74) is 0.984. The van der Waals surface area contributed by atoms with Crippen LogP contribution in [0.1, 0.15) is 32.6 Å². The summed E-state index contributed by atoms with van der Waals surface area (Å²) in [5, 5.41) is 14.6. The SMILES string of the molecule is CCn1c(SCC(=O)Nc2nccs2)nnc1-c1ccc(OC2CCCC2)cc1. The molecule has 0 atom stereocenters. The van der Waals surface area contributed by atoms with Crippen LogP contribution in [0.2, 0.25) is 0 Å². The van der Waals surface area contributed by atoms with Gasteiger partial charge in [-0.05, 0) is 56.9 Å². The number of ether oxygens (including phenoxy) is 1. The molecule has 2 aromatic heterocycles. The molecule has 0 spiro atoms. The lowest BCUT2D eigenvalue weighted by Gasteiger charge is -2.13. The highest BCUT2D eigenvalue weighted by atomic mass is 32.2. The van der Waals surface area contributed by atoms with Gasteiger partial charge in [-0.3, -0.25) is 4.79 Å². The molecule has 9 heteroatoms. The largest absolute Gasteiger partial charge is 0.490 e. The molecule has 7 nitrogen and oxygen atoms in total. The summed E-state index contributed by atoms with van der Waals surface area (Å²) in [4.78, 5) is 16.2. The molecule has 0 aliphatic heterocycles. The number of aromatic nitrogens is 4. The van der Waals surface area contributed by atoms with E-state index in [-0.39, 0.29) is 11.7 Å². The summed E-state index contributed by atoms with van der Waals surface area (Å²) in [6.07, 6.45) is 6.80. The Labute approximate surface area is 177 Å². The lowest BCUT2D eigenvalue weighted by atomic mass is 10.2. The Morgan fingerprint density at radius 1 is 1.28 bits per heavy atom. The summed E-state index contributed by atoms with van der Waals surface area (Å²) in [6.45, 7) is 2.77. The molecule has 0 bridgehead atoms. The second-order valence-corrected chi connectivity index (χ2v) is 8.61. The van der Waals surface area contributed by atoms with Crippen molar-refractivity contribution in [2.24, 2.45) is 0 Å². The third-order valence-electron chi connectivity index (χ3n) is 4.76. The van der Waals surface area contributed by atoms with Gasteiger partial charge in [0, 0.05) is 23.7 Å². The number of nitrogens with zero attached hydrogens (tertiary/aromatic N) is 4. The summed E-state index contributed by atoms with van der Waals surface area (Å²) < 4.78 is 8.06. The fraction of sp³-hybridized carbons (Fsp3) is 0.400. The molecule has 29 heavy (non-hydrogen) atoms. The van der Waals surface area contributed by atoms with Gasteiger partial charge < -0.3 is 14.6 Å². The molecule has 0 saturated heterocycles. The molecule has 1 saturated carbocycles. The number of carbonyl (C=O) groups is 1. The van der Waals surface area contributed by atoms with Gasteiger partial charge in [-0.2, -0.15) is 0 Å². The molecular weight excluding hydrogens is 406 g/mol. The third-order valence-corrected chi connectivity index (χ3v) is 6.42. The molecule has 0 radical (unpaired) electrons. The Balaban J connectivity index is 1.40. The molecule has 1 aliphatic rings. The van der Waals surface area contributed by atoms with Gasteiger partial charge >= 0.3 is 0 Å². The summed E-state index contributed by atoms with van der Waals surface area (Å²) in [5.74, 6) is 1.84. The molecule has 1 fully saturated rings. The quantitative estimate of drug-likeness (QED) is 0.532. The molecule has 1 aromatic carbocycles. The molecule has 1 amide bonds. The molecule has 4 rings (SSSR count). The Kier molecular flexibility index (Phi) is 6.46. The lowest BCUT2D eigenvalue weighted by molar-refractivity contribution is -0.113. The average Bonchev–Trinajstić information content (AvgIpc) is 3.49. The van der Waals surface area contributed by atoms with Crippen LogP contribution in [0.4, 0.5) is 5.13 Å². The van der Waals surface area contributed by atoms with E-state index >= 15 is 0 Å². The number of thiazole rings is 1. The molecule has 3 aromatic rings. The standard InChI is InChI=1S/C20H23N5O2S2/c1-2-25-18(14-7-9-16(10-8-14)27-15-5-3-4-6-15)23-24-20(25)29-13-17(26)22-19-21-11-12-28-19/h7-12,15H,2-6,13H2,1H3,(H,21,22,26). The first-order valence-corrected chi connectivity index (χ1v) is 11.6.